The normalized spacial score (nSPS) is 8.88. The summed E-state index contributed by atoms with van der Waals surface area (Å²) in [6, 6.07) is 1.54. The fraction of sp³-hybridized carbons (Fsp3) is 0.273. The van der Waals surface area contributed by atoms with Crippen molar-refractivity contribution in [2.24, 2.45) is 9.98 Å². The highest BCUT2D eigenvalue weighted by Crippen LogP contribution is 2.46. The molecule has 6 nitrogen and oxygen atoms in total. The maximum Gasteiger partial charge on any atom is 0.240 e. The molecular formula is C11H10N2O4. The van der Waals surface area contributed by atoms with Gasteiger partial charge in [0.2, 0.25) is 12.2 Å². The summed E-state index contributed by atoms with van der Waals surface area (Å²) in [7, 11) is 2.86. The first-order valence-electron chi connectivity index (χ1n) is 4.60. The van der Waals surface area contributed by atoms with Gasteiger partial charge in [0.25, 0.3) is 0 Å². The average Bonchev–Trinajstić information content (AvgIpc) is 2.32. The van der Waals surface area contributed by atoms with Crippen LogP contribution in [-0.4, -0.2) is 26.4 Å². The number of aryl methyl sites for hydroxylation is 1. The van der Waals surface area contributed by atoms with Crippen LogP contribution in [0.4, 0.5) is 11.4 Å². The molecule has 0 heterocycles. The number of methoxy groups -OCH3 is 2. The lowest BCUT2D eigenvalue weighted by molar-refractivity contribution is 0.354. The summed E-state index contributed by atoms with van der Waals surface area (Å²) in [6.07, 6.45) is 2.77. The van der Waals surface area contributed by atoms with Gasteiger partial charge in [-0.05, 0) is 18.6 Å². The van der Waals surface area contributed by atoms with Gasteiger partial charge in [-0.25, -0.2) is 9.59 Å². The maximum atomic E-state index is 10.4. The highest BCUT2D eigenvalue weighted by atomic mass is 16.5. The van der Waals surface area contributed by atoms with Gasteiger partial charge >= 0.3 is 0 Å². The van der Waals surface area contributed by atoms with Gasteiger partial charge in [0.05, 0.1) is 14.2 Å². The minimum absolute atomic E-state index is 0.0910. The fourth-order valence-electron chi connectivity index (χ4n) is 1.47. The molecule has 1 aromatic carbocycles. The van der Waals surface area contributed by atoms with Crippen LogP contribution in [0.2, 0.25) is 0 Å². The maximum absolute atomic E-state index is 10.4. The Morgan fingerprint density at radius 1 is 1.06 bits per heavy atom. The first kappa shape index (κ1) is 12.6. The lowest BCUT2D eigenvalue weighted by Gasteiger charge is -2.13. The van der Waals surface area contributed by atoms with Crippen molar-refractivity contribution in [3.8, 4) is 11.5 Å². The Balaban J connectivity index is 3.70. The average molecular weight is 234 g/mol. The van der Waals surface area contributed by atoms with Crippen LogP contribution in [0.1, 0.15) is 5.56 Å². The first-order chi connectivity index (χ1) is 8.19. The topological polar surface area (TPSA) is 77.3 Å². The van der Waals surface area contributed by atoms with E-state index in [0.717, 1.165) is 0 Å². The third kappa shape index (κ3) is 2.39. The molecule has 0 spiro atoms. The van der Waals surface area contributed by atoms with E-state index in [-0.39, 0.29) is 17.1 Å². The number of hydrogen-bond acceptors (Lipinski definition) is 6. The van der Waals surface area contributed by atoms with Crippen LogP contribution in [0.15, 0.2) is 16.1 Å². The summed E-state index contributed by atoms with van der Waals surface area (Å²) in [5, 5.41) is 0. The van der Waals surface area contributed by atoms with Gasteiger partial charge in [0.15, 0.2) is 11.5 Å². The summed E-state index contributed by atoms with van der Waals surface area (Å²) in [4.78, 5) is 27.6. The van der Waals surface area contributed by atoms with Gasteiger partial charge in [0.1, 0.15) is 11.4 Å². The number of hydrogen-bond donors (Lipinski definition) is 0. The number of ether oxygens (including phenoxy) is 2. The minimum Gasteiger partial charge on any atom is -0.492 e. The highest BCUT2D eigenvalue weighted by molar-refractivity contribution is 5.79. The van der Waals surface area contributed by atoms with E-state index in [4.69, 9.17) is 9.47 Å². The standard InChI is InChI=1S/C11H10N2O4/c1-7-4-8(12-5-14)9(13-6-15)11(17-3)10(7)16-2/h4H,1-3H3. The zero-order valence-electron chi connectivity index (χ0n) is 9.60. The molecule has 6 heteroatoms. The van der Waals surface area contributed by atoms with Crippen LogP contribution in [-0.2, 0) is 9.59 Å². The second kappa shape index (κ2) is 5.61. The number of aliphatic imine (C=N–C) groups is 2. The zero-order chi connectivity index (χ0) is 12.8. The van der Waals surface area contributed by atoms with E-state index in [1.807, 2.05) is 0 Å². The van der Waals surface area contributed by atoms with E-state index in [1.165, 1.54) is 26.4 Å². The minimum atomic E-state index is 0.0910. The molecule has 0 saturated heterocycles. The van der Waals surface area contributed by atoms with E-state index >= 15 is 0 Å². The Kier molecular flexibility index (Phi) is 4.17. The molecule has 0 bridgehead atoms. The molecule has 0 saturated carbocycles. The van der Waals surface area contributed by atoms with E-state index in [1.54, 1.807) is 13.0 Å². The second-order valence-corrected chi connectivity index (χ2v) is 3.03. The molecule has 0 aliphatic carbocycles. The number of nitrogens with zero attached hydrogens (tertiary/aromatic N) is 2. The van der Waals surface area contributed by atoms with Crippen molar-refractivity contribution in [3.63, 3.8) is 0 Å². The van der Waals surface area contributed by atoms with Crippen LogP contribution < -0.4 is 9.47 Å². The number of rotatable bonds is 4. The van der Waals surface area contributed by atoms with Crippen LogP contribution in [0, 0.1) is 6.92 Å². The second-order valence-electron chi connectivity index (χ2n) is 3.03. The van der Waals surface area contributed by atoms with Crippen LogP contribution in [0.5, 0.6) is 11.5 Å². The molecule has 0 atom stereocenters. The van der Waals surface area contributed by atoms with E-state index in [9.17, 15) is 9.59 Å². The molecule has 88 valence electrons. The van der Waals surface area contributed by atoms with Crippen molar-refractivity contribution in [3.05, 3.63) is 11.6 Å². The summed E-state index contributed by atoms with van der Waals surface area (Å²) < 4.78 is 10.2. The molecule has 0 aromatic heterocycles. The summed E-state index contributed by atoms with van der Waals surface area (Å²) in [5.74, 6) is 0.649. The molecule has 0 unspecified atom stereocenters. The quantitative estimate of drug-likeness (QED) is 0.589. The third-order valence-corrected chi connectivity index (χ3v) is 2.11. The fourth-order valence-corrected chi connectivity index (χ4v) is 1.47. The van der Waals surface area contributed by atoms with Gasteiger partial charge in [-0.1, -0.05) is 0 Å². The third-order valence-electron chi connectivity index (χ3n) is 2.11. The van der Waals surface area contributed by atoms with Gasteiger partial charge in [-0.15, -0.1) is 0 Å². The van der Waals surface area contributed by atoms with Crippen molar-refractivity contribution in [2.45, 2.75) is 6.92 Å². The molecule has 0 fully saturated rings. The predicted molar refractivity (Wildman–Crippen MR) is 59.8 cm³/mol. The molecule has 0 aliphatic rings. The van der Waals surface area contributed by atoms with Crippen LogP contribution in [0.25, 0.3) is 0 Å². The van der Waals surface area contributed by atoms with Gasteiger partial charge in [0, 0.05) is 0 Å². The SMILES string of the molecule is COc1c(C)cc(N=C=O)c(N=C=O)c1OC. The van der Waals surface area contributed by atoms with E-state index in [2.05, 4.69) is 9.98 Å². The van der Waals surface area contributed by atoms with Gasteiger partial charge < -0.3 is 9.47 Å². The van der Waals surface area contributed by atoms with Gasteiger partial charge in [-0.3, -0.25) is 0 Å². The van der Waals surface area contributed by atoms with Crippen molar-refractivity contribution in [1.82, 2.24) is 0 Å². The van der Waals surface area contributed by atoms with Crippen molar-refractivity contribution < 1.29 is 19.1 Å². The predicted octanol–water partition coefficient (Wildman–Crippen LogP) is 1.95. The van der Waals surface area contributed by atoms with Crippen molar-refractivity contribution in [1.29, 1.82) is 0 Å². The summed E-state index contributed by atoms with van der Waals surface area (Å²) in [6.45, 7) is 1.75. The molecule has 0 amide bonds. The summed E-state index contributed by atoms with van der Waals surface area (Å²) in [5.41, 5.74) is 0.968. The molecule has 1 aromatic rings. The van der Waals surface area contributed by atoms with Crippen molar-refractivity contribution >= 4 is 23.5 Å². The van der Waals surface area contributed by atoms with Gasteiger partial charge in [-0.2, -0.15) is 9.98 Å². The lowest BCUT2D eigenvalue weighted by Crippen LogP contribution is -1.94. The Morgan fingerprint density at radius 2 is 1.65 bits per heavy atom. The molecule has 0 N–H and O–H groups in total. The van der Waals surface area contributed by atoms with Crippen LogP contribution in [0.3, 0.4) is 0 Å². The number of benzene rings is 1. The smallest absolute Gasteiger partial charge is 0.240 e. The Morgan fingerprint density at radius 3 is 2.12 bits per heavy atom. The number of carbonyl (C=O) groups excluding carboxylic acids is 2. The van der Waals surface area contributed by atoms with E-state index in [0.29, 0.717) is 11.3 Å². The first-order valence-corrected chi connectivity index (χ1v) is 4.60. The van der Waals surface area contributed by atoms with Crippen molar-refractivity contribution in [2.75, 3.05) is 14.2 Å². The lowest BCUT2D eigenvalue weighted by atomic mass is 10.1. The van der Waals surface area contributed by atoms with Crippen LogP contribution >= 0.6 is 0 Å². The monoisotopic (exact) mass is 234 g/mol. The van der Waals surface area contributed by atoms with E-state index < -0.39 is 0 Å². The molecule has 0 aliphatic heterocycles. The Bertz CT molecular complexity index is 527. The largest absolute Gasteiger partial charge is 0.492 e. The Labute approximate surface area is 97.6 Å². The summed E-state index contributed by atoms with van der Waals surface area (Å²) >= 11 is 0. The highest BCUT2D eigenvalue weighted by Gasteiger charge is 2.17. The number of isocyanates is 2. The molecule has 17 heavy (non-hydrogen) atoms. The zero-order valence-corrected chi connectivity index (χ0v) is 9.60. The molecular weight excluding hydrogens is 224 g/mol. The molecule has 1 rings (SSSR count). The Hall–Kier alpha value is -2.42. The molecule has 0 radical (unpaired) electrons.